The first-order valence-corrected chi connectivity index (χ1v) is 3.55. The van der Waals surface area contributed by atoms with Crippen LogP contribution in [0, 0.1) is 11.8 Å². The fourth-order valence-electron chi connectivity index (χ4n) is 1.51. The molecule has 0 spiro atoms. The van der Waals surface area contributed by atoms with Crippen molar-refractivity contribution >= 4 is 5.94 Å². The molecule has 1 nitrogen and oxygen atoms in total. The molecule has 0 aliphatic heterocycles. The second kappa shape index (κ2) is 2.84. The van der Waals surface area contributed by atoms with Gasteiger partial charge in [-0.15, -0.1) is 0 Å². The lowest BCUT2D eigenvalue weighted by molar-refractivity contribution is 0.500. The van der Waals surface area contributed by atoms with Gasteiger partial charge in [0.1, 0.15) is 5.94 Å². The van der Waals surface area contributed by atoms with Crippen LogP contribution in [0.25, 0.3) is 0 Å². The molecule has 1 aliphatic carbocycles. The lowest BCUT2D eigenvalue weighted by Crippen LogP contribution is -1.98. The van der Waals surface area contributed by atoms with Gasteiger partial charge in [-0.05, 0) is 18.3 Å². The summed E-state index contributed by atoms with van der Waals surface area (Å²) in [4.78, 5) is 9.93. The fourth-order valence-corrected chi connectivity index (χ4v) is 1.51. The van der Waals surface area contributed by atoms with E-state index in [1.165, 1.54) is 19.3 Å². The van der Waals surface area contributed by atoms with Crippen molar-refractivity contribution in [2.24, 2.45) is 11.8 Å². The van der Waals surface area contributed by atoms with Crippen LogP contribution in [0.4, 0.5) is 0 Å². The van der Waals surface area contributed by atoms with E-state index in [1.54, 1.807) is 6.08 Å². The normalized spacial score (nSPS) is 33.9. The van der Waals surface area contributed by atoms with E-state index in [4.69, 9.17) is 0 Å². The second-order valence-electron chi connectivity index (χ2n) is 2.86. The van der Waals surface area contributed by atoms with Gasteiger partial charge in [-0.1, -0.05) is 19.8 Å². The van der Waals surface area contributed by atoms with Gasteiger partial charge in [-0.3, -0.25) is 0 Å². The standard InChI is InChI=1S/C8H12O/c1-7-3-2-4-8(7)5-6-9/h5,7-8H,2-4H2,1H3. The average Bonchev–Trinajstić information content (AvgIpc) is 2.18. The first-order chi connectivity index (χ1) is 4.34. The number of carbonyl (C=O) groups excluding carboxylic acids is 1. The molecule has 0 heterocycles. The minimum absolute atomic E-state index is 0.530. The lowest BCUT2D eigenvalue weighted by atomic mass is 9.99. The Morgan fingerprint density at radius 1 is 1.56 bits per heavy atom. The Bertz CT molecular complexity index is 134. The third kappa shape index (κ3) is 1.43. The molecule has 9 heavy (non-hydrogen) atoms. The van der Waals surface area contributed by atoms with Crippen molar-refractivity contribution in [2.75, 3.05) is 0 Å². The molecule has 0 radical (unpaired) electrons. The van der Waals surface area contributed by atoms with Gasteiger partial charge in [0.05, 0.1) is 0 Å². The molecule has 0 bridgehead atoms. The average molecular weight is 124 g/mol. The van der Waals surface area contributed by atoms with Crippen LogP contribution >= 0.6 is 0 Å². The second-order valence-corrected chi connectivity index (χ2v) is 2.86. The molecule has 0 aromatic heterocycles. The molecule has 2 atom stereocenters. The molecule has 1 fully saturated rings. The van der Waals surface area contributed by atoms with Crippen LogP contribution < -0.4 is 0 Å². The summed E-state index contributed by atoms with van der Waals surface area (Å²) in [5.41, 5.74) is 0. The molecule has 50 valence electrons. The molecule has 1 saturated carbocycles. The van der Waals surface area contributed by atoms with Gasteiger partial charge in [0.15, 0.2) is 0 Å². The van der Waals surface area contributed by atoms with Gasteiger partial charge in [-0.25, -0.2) is 4.79 Å². The smallest absolute Gasteiger partial charge is 0.120 e. The van der Waals surface area contributed by atoms with E-state index < -0.39 is 0 Å². The van der Waals surface area contributed by atoms with Gasteiger partial charge >= 0.3 is 0 Å². The van der Waals surface area contributed by atoms with Gasteiger partial charge in [0.2, 0.25) is 0 Å². The van der Waals surface area contributed by atoms with Crippen LogP contribution in [0.15, 0.2) is 6.08 Å². The van der Waals surface area contributed by atoms with Crippen molar-refractivity contribution < 1.29 is 4.79 Å². The van der Waals surface area contributed by atoms with Gasteiger partial charge in [0.25, 0.3) is 0 Å². The maximum atomic E-state index is 9.93. The van der Waals surface area contributed by atoms with Crippen molar-refractivity contribution in [3.05, 3.63) is 6.08 Å². The number of allylic oxidation sites excluding steroid dienone is 1. The number of rotatable bonds is 1. The van der Waals surface area contributed by atoms with E-state index in [0.717, 1.165) is 0 Å². The summed E-state index contributed by atoms with van der Waals surface area (Å²) < 4.78 is 0. The Balaban J connectivity index is 2.49. The summed E-state index contributed by atoms with van der Waals surface area (Å²) in [6.07, 6.45) is 5.43. The van der Waals surface area contributed by atoms with Crippen molar-refractivity contribution in [1.82, 2.24) is 0 Å². The highest BCUT2D eigenvalue weighted by atomic mass is 16.1. The number of hydrogen-bond donors (Lipinski definition) is 0. The van der Waals surface area contributed by atoms with Crippen LogP contribution in [0.3, 0.4) is 0 Å². The van der Waals surface area contributed by atoms with Gasteiger partial charge in [-0.2, -0.15) is 0 Å². The first-order valence-electron chi connectivity index (χ1n) is 3.55. The van der Waals surface area contributed by atoms with Crippen LogP contribution in [0.5, 0.6) is 0 Å². The molecule has 1 aliphatic rings. The quantitative estimate of drug-likeness (QED) is 0.487. The van der Waals surface area contributed by atoms with E-state index in [-0.39, 0.29) is 0 Å². The molecular weight excluding hydrogens is 112 g/mol. The highest BCUT2D eigenvalue weighted by Gasteiger charge is 2.20. The van der Waals surface area contributed by atoms with E-state index in [9.17, 15) is 4.79 Å². The van der Waals surface area contributed by atoms with E-state index in [2.05, 4.69) is 6.92 Å². The Morgan fingerprint density at radius 2 is 2.33 bits per heavy atom. The SMILES string of the molecule is CC1CCCC1C=C=O. The highest BCUT2D eigenvalue weighted by molar-refractivity contribution is 5.45. The van der Waals surface area contributed by atoms with E-state index in [1.807, 2.05) is 5.94 Å². The predicted molar refractivity (Wildman–Crippen MR) is 36.8 cm³/mol. The van der Waals surface area contributed by atoms with Gasteiger partial charge in [0, 0.05) is 6.08 Å². The fraction of sp³-hybridized carbons (Fsp3) is 0.750. The lowest BCUT2D eigenvalue weighted by Gasteiger charge is -2.05. The molecule has 1 rings (SSSR count). The van der Waals surface area contributed by atoms with Crippen molar-refractivity contribution in [2.45, 2.75) is 26.2 Å². The van der Waals surface area contributed by atoms with Crippen molar-refractivity contribution in [1.29, 1.82) is 0 Å². The molecule has 2 unspecified atom stereocenters. The summed E-state index contributed by atoms with van der Waals surface area (Å²) in [7, 11) is 0. The zero-order valence-electron chi connectivity index (χ0n) is 5.76. The monoisotopic (exact) mass is 124 g/mol. The molecule has 0 aromatic rings. The van der Waals surface area contributed by atoms with Gasteiger partial charge < -0.3 is 0 Å². The maximum Gasteiger partial charge on any atom is 0.120 e. The first kappa shape index (κ1) is 6.57. The number of hydrogen-bond acceptors (Lipinski definition) is 1. The summed E-state index contributed by atoms with van der Waals surface area (Å²) in [6.45, 7) is 2.20. The summed E-state index contributed by atoms with van der Waals surface area (Å²) in [5, 5.41) is 0. The summed E-state index contributed by atoms with van der Waals surface area (Å²) in [6, 6.07) is 0. The zero-order chi connectivity index (χ0) is 6.69. The Labute approximate surface area is 55.8 Å². The Morgan fingerprint density at radius 3 is 2.78 bits per heavy atom. The van der Waals surface area contributed by atoms with Crippen LogP contribution in [0.2, 0.25) is 0 Å². The Kier molecular flexibility index (Phi) is 2.07. The summed E-state index contributed by atoms with van der Waals surface area (Å²) >= 11 is 0. The maximum absolute atomic E-state index is 9.93. The largest absolute Gasteiger partial charge is 0.234 e. The van der Waals surface area contributed by atoms with Crippen molar-refractivity contribution in [3.63, 3.8) is 0 Å². The third-order valence-electron chi connectivity index (χ3n) is 2.21. The molecule has 1 heteroatoms. The van der Waals surface area contributed by atoms with Crippen molar-refractivity contribution in [3.8, 4) is 0 Å². The molecular formula is C8H12O. The Hall–Kier alpha value is -0.550. The van der Waals surface area contributed by atoms with Crippen LogP contribution in [-0.4, -0.2) is 5.94 Å². The topological polar surface area (TPSA) is 17.1 Å². The highest BCUT2D eigenvalue weighted by Crippen LogP contribution is 2.31. The minimum atomic E-state index is 0.530. The molecule has 0 aromatic carbocycles. The molecule has 0 saturated heterocycles. The molecule has 0 N–H and O–H groups in total. The summed E-state index contributed by atoms with van der Waals surface area (Å²) in [5.74, 6) is 3.11. The third-order valence-corrected chi connectivity index (χ3v) is 2.21. The van der Waals surface area contributed by atoms with E-state index >= 15 is 0 Å². The molecule has 0 amide bonds. The van der Waals surface area contributed by atoms with Crippen LogP contribution in [0.1, 0.15) is 26.2 Å². The predicted octanol–water partition coefficient (Wildman–Crippen LogP) is 1.81. The van der Waals surface area contributed by atoms with E-state index in [0.29, 0.717) is 11.8 Å². The minimum Gasteiger partial charge on any atom is -0.234 e. The van der Waals surface area contributed by atoms with Crippen LogP contribution in [-0.2, 0) is 4.79 Å². The zero-order valence-corrected chi connectivity index (χ0v) is 5.76.